The zero-order valence-corrected chi connectivity index (χ0v) is 22.9. The summed E-state index contributed by atoms with van der Waals surface area (Å²) in [7, 11) is -4.70. The van der Waals surface area contributed by atoms with E-state index in [1.165, 1.54) is 13.0 Å². The number of alkyl halides is 7. The van der Waals surface area contributed by atoms with E-state index in [0.717, 1.165) is 24.3 Å². The smallest absolute Gasteiger partial charge is 0.443 e. The fourth-order valence-electron chi connectivity index (χ4n) is 4.75. The second-order valence-electron chi connectivity index (χ2n) is 9.83. The molecule has 1 aliphatic heterocycles. The van der Waals surface area contributed by atoms with E-state index in [1.54, 1.807) is 0 Å². The number of carbonyl (C=O) groups excluding carboxylic acids is 1. The van der Waals surface area contributed by atoms with E-state index >= 15 is 0 Å². The Bertz CT molecular complexity index is 1830. The van der Waals surface area contributed by atoms with Crippen LogP contribution in [-0.2, 0) is 33.7 Å². The molecule has 1 aromatic carbocycles. The van der Waals surface area contributed by atoms with Crippen LogP contribution in [0.5, 0.6) is 0 Å². The lowest BCUT2D eigenvalue weighted by Gasteiger charge is -2.25. The molecule has 0 bridgehead atoms. The largest absolute Gasteiger partial charge is 0.451 e. The number of fused-ring (bicyclic) bond motifs is 1. The fraction of sp³-hybridized carbons (Fsp3) is 0.308. The summed E-state index contributed by atoms with van der Waals surface area (Å²) in [4.78, 5) is 23.1. The molecule has 5 rings (SSSR count). The van der Waals surface area contributed by atoms with E-state index in [9.17, 15) is 48.3 Å². The van der Waals surface area contributed by atoms with Crippen molar-refractivity contribution in [2.45, 2.75) is 55.6 Å². The van der Waals surface area contributed by atoms with E-state index in [1.807, 2.05) is 0 Å². The number of rotatable bonds is 6. The minimum absolute atomic E-state index is 0.00115. The van der Waals surface area contributed by atoms with Gasteiger partial charge in [0, 0.05) is 48.6 Å². The number of hydrogen-bond donors (Lipinski definition) is 1. The molecule has 3 unspecified atom stereocenters. The fourth-order valence-corrected chi connectivity index (χ4v) is 6.52. The maximum Gasteiger partial charge on any atom is 0.451 e. The normalized spacial score (nSPS) is 19.9. The first-order valence-corrected chi connectivity index (χ1v) is 14.0. The number of amides is 1. The predicted octanol–water partition coefficient (Wildman–Crippen LogP) is 5.27. The Kier molecular flexibility index (Phi) is 7.86. The van der Waals surface area contributed by atoms with Crippen LogP contribution in [0.15, 0.2) is 58.4 Å². The number of furan rings is 1. The third kappa shape index (κ3) is 5.95. The highest BCUT2D eigenvalue weighted by molar-refractivity contribution is 7.89. The van der Waals surface area contributed by atoms with Crippen molar-refractivity contribution >= 4 is 26.9 Å². The SMILES string of the molecule is CC1C(F)CC(C(=O)NCc2cc(-c3cnc(C(F)(F)F)nc3)ncc2C(F)(F)F)N1S(=O)(=O)c1cc2cc(F)ccc2o1. The number of hydrogen-bond acceptors (Lipinski definition) is 7. The second kappa shape index (κ2) is 11.1. The molecule has 4 heterocycles. The summed E-state index contributed by atoms with van der Waals surface area (Å²) >= 11 is 0. The Labute approximate surface area is 243 Å². The summed E-state index contributed by atoms with van der Waals surface area (Å²) in [6.07, 6.45) is -10.5. The third-order valence-electron chi connectivity index (χ3n) is 6.92. The van der Waals surface area contributed by atoms with Crippen LogP contribution in [0.1, 0.15) is 30.3 Å². The minimum atomic E-state index is -4.97. The van der Waals surface area contributed by atoms with Crippen molar-refractivity contribution in [1.29, 1.82) is 0 Å². The highest BCUT2D eigenvalue weighted by Crippen LogP contribution is 2.36. The molecule has 1 amide bonds. The highest BCUT2D eigenvalue weighted by Gasteiger charge is 2.50. The Hall–Kier alpha value is -4.19. The Morgan fingerprint density at radius 1 is 1.02 bits per heavy atom. The van der Waals surface area contributed by atoms with Gasteiger partial charge in [-0.25, -0.2) is 27.2 Å². The molecule has 0 saturated carbocycles. The van der Waals surface area contributed by atoms with Crippen LogP contribution in [0.2, 0.25) is 0 Å². The van der Waals surface area contributed by atoms with Crippen LogP contribution in [0, 0.1) is 5.82 Å². The lowest BCUT2D eigenvalue weighted by Crippen LogP contribution is -2.48. The van der Waals surface area contributed by atoms with Crippen molar-refractivity contribution in [3.8, 4) is 11.3 Å². The van der Waals surface area contributed by atoms with Crippen molar-refractivity contribution in [1.82, 2.24) is 24.6 Å². The van der Waals surface area contributed by atoms with Gasteiger partial charge in [0.2, 0.25) is 16.8 Å². The summed E-state index contributed by atoms with van der Waals surface area (Å²) in [5.74, 6) is -3.29. The molecule has 234 valence electrons. The number of sulfonamides is 1. The van der Waals surface area contributed by atoms with Crippen LogP contribution in [0.3, 0.4) is 0 Å². The number of nitrogens with zero attached hydrogens (tertiary/aromatic N) is 4. The summed E-state index contributed by atoms with van der Waals surface area (Å²) < 4.78 is 141. The van der Waals surface area contributed by atoms with Gasteiger partial charge in [0.05, 0.1) is 17.3 Å². The molecule has 9 nitrogen and oxygen atoms in total. The Morgan fingerprint density at radius 3 is 2.34 bits per heavy atom. The van der Waals surface area contributed by atoms with Crippen LogP contribution >= 0.6 is 0 Å². The van der Waals surface area contributed by atoms with Gasteiger partial charge in [0.15, 0.2) is 0 Å². The number of halogens is 8. The molecular formula is C26H19F8N5O4S. The van der Waals surface area contributed by atoms with E-state index in [4.69, 9.17) is 4.42 Å². The van der Waals surface area contributed by atoms with Crippen molar-refractivity contribution in [3.63, 3.8) is 0 Å². The van der Waals surface area contributed by atoms with E-state index in [-0.39, 0.29) is 22.2 Å². The molecule has 1 saturated heterocycles. The molecule has 3 atom stereocenters. The molecule has 18 heteroatoms. The summed E-state index contributed by atoms with van der Waals surface area (Å²) in [6, 6.07) is 1.99. The Morgan fingerprint density at radius 2 is 1.70 bits per heavy atom. The van der Waals surface area contributed by atoms with E-state index in [2.05, 4.69) is 20.3 Å². The van der Waals surface area contributed by atoms with Gasteiger partial charge < -0.3 is 9.73 Å². The van der Waals surface area contributed by atoms with Crippen molar-refractivity contribution in [3.05, 3.63) is 71.7 Å². The molecule has 4 aromatic rings. The third-order valence-corrected chi connectivity index (χ3v) is 8.77. The standard InChI is InChI=1S/C26H19F8N5O4S/c1-12-18(28)7-20(39(12)44(41,42)22-6-13-4-16(27)2-3-21(13)43-22)23(40)36-8-14-5-19(35-11-17(14)25(29,30)31)15-9-37-24(38-10-15)26(32,33)34/h2-6,9-12,18,20H,7-8H2,1H3,(H,36,40). The maximum absolute atomic E-state index is 14.8. The lowest BCUT2D eigenvalue weighted by molar-refractivity contribution is -0.145. The second-order valence-corrected chi connectivity index (χ2v) is 11.6. The van der Waals surface area contributed by atoms with E-state index in [0.29, 0.717) is 22.9 Å². The number of nitrogens with one attached hydrogen (secondary N) is 1. The first kappa shape index (κ1) is 31.2. The maximum atomic E-state index is 14.8. The monoisotopic (exact) mass is 649 g/mol. The van der Waals surface area contributed by atoms with Gasteiger partial charge in [-0.05, 0) is 36.8 Å². The average Bonchev–Trinajstić information content (AvgIpc) is 3.51. The van der Waals surface area contributed by atoms with E-state index < -0.39 is 87.4 Å². The van der Waals surface area contributed by atoms with Gasteiger partial charge in [0.1, 0.15) is 23.6 Å². The van der Waals surface area contributed by atoms with Gasteiger partial charge in [-0.15, -0.1) is 0 Å². The van der Waals surface area contributed by atoms with Crippen LogP contribution in [-0.4, -0.2) is 51.8 Å². The van der Waals surface area contributed by atoms with Gasteiger partial charge in [-0.1, -0.05) is 0 Å². The molecule has 1 aliphatic rings. The summed E-state index contributed by atoms with van der Waals surface area (Å²) in [6.45, 7) is 0.352. The van der Waals surface area contributed by atoms with Gasteiger partial charge >= 0.3 is 12.4 Å². The summed E-state index contributed by atoms with van der Waals surface area (Å²) in [5.41, 5.74) is -2.28. The average molecular weight is 650 g/mol. The minimum Gasteiger partial charge on any atom is -0.443 e. The number of benzene rings is 1. The molecule has 0 spiro atoms. The Balaban J connectivity index is 1.42. The van der Waals surface area contributed by atoms with Crippen molar-refractivity contribution in [2.24, 2.45) is 0 Å². The first-order valence-electron chi connectivity index (χ1n) is 12.6. The molecule has 0 radical (unpaired) electrons. The van der Waals surface area contributed by atoms with Crippen LogP contribution in [0.4, 0.5) is 35.1 Å². The molecule has 1 N–H and O–H groups in total. The van der Waals surface area contributed by atoms with Crippen molar-refractivity contribution < 1.29 is 52.8 Å². The topological polar surface area (TPSA) is 118 Å². The summed E-state index contributed by atoms with van der Waals surface area (Å²) in [5, 5.41) is 1.57. The quantitative estimate of drug-likeness (QED) is 0.283. The number of aromatic nitrogens is 3. The number of pyridine rings is 1. The molecule has 44 heavy (non-hydrogen) atoms. The van der Waals surface area contributed by atoms with Crippen molar-refractivity contribution in [2.75, 3.05) is 0 Å². The zero-order chi connectivity index (χ0) is 32.2. The lowest BCUT2D eigenvalue weighted by atomic mass is 10.1. The molecular weight excluding hydrogens is 630 g/mol. The zero-order valence-electron chi connectivity index (χ0n) is 22.1. The van der Waals surface area contributed by atoms with Gasteiger partial charge in [0.25, 0.3) is 10.0 Å². The van der Waals surface area contributed by atoms with Gasteiger partial charge in [-0.2, -0.15) is 30.6 Å². The predicted molar refractivity (Wildman–Crippen MR) is 135 cm³/mol. The molecule has 3 aromatic heterocycles. The molecule has 0 aliphatic carbocycles. The highest BCUT2D eigenvalue weighted by atomic mass is 32.2. The first-order chi connectivity index (χ1) is 20.5. The molecule has 1 fully saturated rings. The van der Waals surface area contributed by atoms with Crippen LogP contribution in [0.25, 0.3) is 22.2 Å². The number of carbonyl (C=O) groups is 1. The van der Waals surface area contributed by atoms with Crippen LogP contribution < -0.4 is 5.32 Å². The van der Waals surface area contributed by atoms with Gasteiger partial charge in [-0.3, -0.25) is 9.78 Å².